The van der Waals surface area contributed by atoms with Gasteiger partial charge in [0.25, 0.3) is 0 Å². The van der Waals surface area contributed by atoms with Crippen molar-refractivity contribution in [3.63, 3.8) is 0 Å². The average molecular weight is 267 g/mol. The van der Waals surface area contributed by atoms with Gasteiger partial charge in [0.2, 0.25) is 0 Å². The number of rotatable bonds is 2. The third-order valence-corrected chi connectivity index (χ3v) is 4.06. The molecule has 0 heterocycles. The molecule has 0 radical (unpaired) electrons. The second-order valence-corrected chi connectivity index (χ2v) is 5.76. The molecule has 0 spiro atoms. The van der Waals surface area contributed by atoms with Crippen LogP contribution in [0.3, 0.4) is 0 Å². The molecule has 1 aliphatic rings. The van der Waals surface area contributed by atoms with Crippen LogP contribution < -0.4 is 10.5 Å². The highest BCUT2D eigenvalue weighted by atomic mass is 16.5. The molecule has 0 saturated heterocycles. The van der Waals surface area contributed by atoms with Crippen LogP contribution in [-0.4, -0.2) is 0 Å². The minimum Gasteiger partial charge on any atom is -0.457 e. The van der Waals surface area contributed by atoms with Crippen molar-refractivity contribution in [1.82, 2.24) is 0 Å². The van der Waals surface area contributed by atoms with Crippen molar-refractivity contribution in [1.29, 1.82) is 0 Å². The fraction of sp³-hybridized carbons (Fsp3) is 0.333. The van der Waals surface area contributed by atoms with E-state index in [0.717, 1.165) is 24.3 Å². The number of para-hydroxylation sites is 1. The van der Waals surface area contributed by atoms with Crippen LogP contribution in [0.25, 0.3) is 0 Å². The summed E-state index contributed by atoms with van der Waals surface area (Å²) in [5, 5.41) is 0. The van der Waals surface area contributed by atoms with Crippen molar-refractivity contribution < 1.29 is 4.74 Å². The van der Waals surface area contributed by atoms with Crippen molar-refractivity contribution >= 4 is 0 Å². The first-order chi connectivity index (χ1) is 9.72. The van der Waals surface area contributed by atoms with Crippen LogP contribution in [0.1, 0.15) is 36.9 Å². The molecule has 104 valence electrons. The van der Waals surface area contributed by atoms with Crippen molar-refractivity contribution in [3.8, 4) is 11.5 Å². The Balaban J connectivity index is 1.87. The molecule has 0 saturated carbocycles. The van der Waals surface area contributed by atoms with E-state index in [1.807, 2.05) is 30.3 Å². The summed E-state index contributed by atoms with van der Waals surface area (Å²) in [5.74, 6) is 2.43. The summed E-state index contributed by atoms with van der Waals surface area (Å²) >= 11 is 0. The molecule has 1 aliphatic carbocycles. The molecule has 2 atom stereocenters. The van der Waals surface area contributed by atoms with Gasteiger partial charge in [-0.15, -0.1) is 0 Å². The lowest BCUT2D eigenvalue weighted by Crippen LogP contribution is -2.12. The fourth-order valence-corrected chi connectivity index (χ4v) is 2.91. The predicted octanol–water partition coefficient (Wildman–Crippen LogP) is 4.45. The van der Waals surface area contributed by atoms with Gasteiger partial charge in [0.15, 0.2) is 0 Å². The van der Waals surface area contributed by atoms with Crippen LogP contribution >= 0.6 is 0 Å². The summed E-state index contributed by atoms with van der Waals surface area (Å²) < 4.78 is 5.90. The van der Waals surface area contributed by atoms with Crippen molar-refractivity contribution in [2.45, 2.75) is 32.2 Å². The molecular weight excluding hydrogens is 246 g/mol. The molecule has 2 unspecified atom stereocenters. The normalized spacial score (nSPS) is 21.9. The smallest absolute Gasteiger partial charge is 0.127 e. The minimum absolute atomic E-state index is 0.127. The lowest BCUT2D eigenvalue weighted by Gasteiger charge is -2.15. The number of benzene rings is 2. The largest absolute Gasteiger partial charge is 0.457 e. The maximum atomic E-state index is 6.34. The van der Waals surface area contributed by atoms with Crippen LogP contribution in [0.4, 0.5) is 0 Å². The molecule has 2 aromatic carbocycles. The monoisotopic (exact) mass is 267 g/mol. The fourth-order valence-electron chi connectivity index (χ4n) is 2.91. The van der Waals surface area contributed by atoms with Gasteiger partial charge in [-0.05, 0) is 60.6 Å². The lowest BCUT2D eigenvalue weighted by atomic mass is 9.98. The molecule has 0 amide bonds. The summed E-state index contributed by atoms with van der Waals surface area (Å²) in [5.41, 5.74) is 8.97. The van der Waals surface area contributed by atoms with E-state index in [2.05, 4.69) is 25.1 Å². The van der Waals surface area contributed by atoms with Gasteiger partial charge in [0.1, 0.15) is 11.5 Å². The van der Waals surface area contributed by atoms with Gasteiger partial charge in [-0.25, -0.2) is 0 Å². The highest BCUT2D eigenvalue weighted by Crippen LogP contribution is 2.33. The van der Waals surface area contributed by atoms with E-state index in [0.29, 0.717) is 5.92 Å². The third kappa shape index (κ3) is 2.86. The average Bonchev–Trinajstić information content (AvgIpc) is 2.59. The number of hydrogen-bond acceptors (Lipinski definition) is 2. The first-order valence-electron chi connectivity index (χ1n) is 7.33. The number of hydrogen-bond donors (Lipinski definition) is 1. The Bertz CT molecular complexity index is 579. The second kappa shape index (κ2) is 5.68. The first-order valence-corrected chi connectivity index (χ1v) is 7.33. The zero-order valence-electron chi connectivity index (χ0n) is 11.9. The molecule has 0 aliphatic heterocycles. The number of fused-ring (bicyclic) bond motifs is 1. The zero-order valence-corrected chi connectivity index (χ0v) is 11.9. The topological polar surface area (TPSA) is 35.2 Å². The van der Waals surface area contributed by atoms with Gasteiger partial charge in [0.05, 0.1) is 0 Å². The molecule has 3 rings (SSSR count). The van der Waals surface area contributed by atoms with Crippen LogP contribution in [-0.2, 0) is 6.42 Å². The van der Waals surface area contributed by atoms with Crippen molar-refractivity contribution in [3.05, 3.63) is 59.7 Å². The van der Waals surface area contributed by atoms with E-state index in [1.165, 1.54) is 17.5 Å². The standard InChI is InChI=1S/C18H21NO/c1-13-7-8-14-9-10-16(12-17(14)18(19)11-13)20-15-5-3-2-4-6-15/h2-6,9-10,12-13,18H,7-8,11,19H2,1H3. The van der Waals surface area contributed by atoms with Crippen LogP contribution in [0.5, 0.6) is 11.5 Å². The van der Waals surface area contributed by atoms with Gasteiger partial charge < -0.3 is 10.5 Å². The van der Waals surface area contributed by atoms with Gasteiger partial charge >= 0.3 is 0 Å². The highest BCUT2D eigenvalue weighted by molar-refractivity contribution is 5.40. The Morgan fingerprint density at radius 2 is 1.85 bits per heavy atom. The first kappa shape index (κ1) is 13.2. The second-order valence-electron chi connectivity index (χ2n) is 5.76. The van der Waals surface area contributed by atoms with Gasteiger partial charge in [0, 0.05) is 6.04 Å². The number of aryl methyl sites for hydroxylation is 1. The SMILES string of the molecule is CC1CCc2ccc(Oc3ccccc3)cc2C(N)C1. The number of nitrogens with two attached hydrogens (primary N) is 1. The zero-order chi connectivity index (χ0) is 13.9. The molecule has 0 fully saturated rings. The van der Waals surface area contributed by atoms with E-state index < -0.39 is 0 Å². The highest BCUT2D eigenvalue weighted by Gasteiger charge is 2.20. The molecule has 20 heavy (non-hydrogen) atoms. The Kier molecular flexibility index (Phi) is 3.75. The quantitative estimate of drug-likeness (QED) is 0.816. The van der Waals surface area contributed by atoms with Crippen molar-refractivity contribution in [2.75, 3.05) is 0 Å². The summed E-state index contributed by atoms with van der Waals surface area (Å²) in [6.07, 6.45) is 3.40. The van der Waals surface area contributed by atoms with E-state index in [-0.39, 0.29) is 6.04 Å². The summed E-state index contributed by atoms with van der Waals surface area (Å²) in [7, 11) is 0. The molecule has 0 bridgehead atoms. The van der Waals surface area contributed by atoms with E-state index >= 15 is 0 Å². The Morgan fingerprint density at radius 1 is 1.05 bits per heavy atom. The lowest BCUT2D eigenvalue weighted by molar-refractivity contribution is 0.461. The van der Waals surface area contributed by atoms with Crippen LogP contribution in [0, 0.1) is 5.92 Å². The van der Waals surface area contributed by atoms with E-state index in [9.17, 15) is 0 Å². The van der Waals surface area contributed by atoms with E-state index in [4.69, 9.17) is 10.5 Å². The Labute approximate surface area is 120 Å². The molecule has 2 nitrogen and oxygen atoms in total. The molecule has 0 aromatic heterocycles. The predicted molar refractivity (Wildman–Crippen MR) is 82.0 cm³/mol. The van der Waals surface area contributed by atoms with E-state index in [1.54, 1.807) is 0 Å². The van der Waals surface area contributed by atoms with Crippen LogP contribution in [0.2, 0.25) is 0 Å². The summed E-state index contributed by atoms with van der Waals surface area (Å²) in [6, 6.07) is 16.3. The molecule has 2 N–H and O–H groups in total. The van der Waals surface area contributed by atoms with Crippen LogP contribution in [0.15, 0.2) is 48.5 Å². The third-order valence-electron chi connectivity index (χ3n) is 4.06. The van der Waals surface area contributed by atoms with Gasteiger partial charge in [-0.2, -0.15) is 0 Å². The maximum Gasteiger partial charge on any atom is 0.127 e. The molecule has 2 aromatic rings. The Morgan fingerprint density at radius 3 is 2.65 bits per heavy atom. The maximum absolute atomic E-state index is 6.34. The molecular formula is C18H21NO. The van der Waals surface area contributed by atoms with Gasteiger partial charge in [-0.3, -0.25) is 0 Å². The Hall–Kier alpha value is -1.80. The number of ether oxygens (including phenoxy) is 1. The summed E-state index contributed by atoms with van der Waals surface area (Å²) in [4.78, 5) is 0. The summed E-state index contributed by atoms with van der Waals surface area (Å²) in [6.45, 7) is 2.28. The molecule has 2 heteroatoms. The van der Waals surface area contributed by atoms with Gasteiger partial charge in [-0.1, -0.05) is 31.2 Å². The minimum atomic E-state index is 0.127. The van der Waals surface area contributed by atoms with Crippen molar-refractivity contribution in [2.24, 2.45) is 11.7 Å².